The van der Waals surface area contributed by atoms with Gasteiger partial charge in [-0.05, 0) is 56.5 Å². The second kappa shape index (κ2) is 9.76. The molecule has 1 amide bonds. The molecule has 0 aliphatic carbocycles. The Morgan fingerprint density at radius 2 is 2.03 bits per heavy atom. The van der Waals surface area contributed by atoms with Crippen molar-refractivity contribution >= 4 is 29.1 Å². The Morgan fingerprint density at radius 3 is 2.76 bits per heavy atom. The SMILES string of the molecule is COc1ccc(CCCN2CCCC(NC(=O)c3nc(Cl)c(N)nc3N)C2)cc1. The number of nitrogens with two attached hydrogens (primary N) is 2. The standard InChI is InChI=1S/C20H27ClN6O2/c1-29-15-8-6-13(7-9-15)4-2-10-27-11-3-5-14(12-27)24-20(28)16-18(22)26-19(23)17(21)25-16/h6-9,14H,2-5,10-12H2,1H3,(H,24,28)(H4,22,23,26). The number of nitrogens with zero attached hydrogens (tertiary/aromatic N) is 3. The zero-order valence-corrected chi connectivity index (χ0v) is 17.3. The van der Waals surface area contributed by atoms with Crippen LogP contribution in [0.15, 0.2) is 24.3 Å². The summed E-state index contributed by atoms with van der Waals surface area (Å²) >= 11 is 5.87. The van der Waals surface area contributed by atoms with Crippen LogP contribution in [-0.4, -0.2) is 53.6 Å². The second-order valence-corrected chi connectivity index (χ2v) is 7.56. The van der Waals surface area contributed by atoms with Crippen LogP contribution < -0.4 is 21.5 Å². The van der Waals surface area contributed by atoms with E-state index in [-0.39, 0.29) is 34.4 Å². The van der Waals surface area contributed by atoms with E-state index < -0.39 is 0 Å². The summed E-state index contributed by atoms with van der Waals surface area (Å²) in [6, 6.07) is 8.21. The number of halogens is 1. The van der Waals surface area contributed by atoms with Crippen molar-refractivity contribution in [1.82, 2.24) is 20.2 Å². The lowest BCUT2D eigenvalue weighted by atomic mass is 10.0. The van der Waals surface area contributed by atoms with Crippen molar-refractivity contribution in [3.8, 4) is 5.75 Å². The van der Waals surface area contributed by atoms with Gasteiger partial charge in [-0.1, -0.05) is 23.7 Å². The van der Waals surface area contributed by atoms with E-state index in [1.165, 1.54) is 5.56 Å². The molecule has 5 N–H and O–H groups in total. The minimum Gasteiger partial charge on any atom is -0.497 e. The molecule has 1 aliphatic rings. The van der Waals surface area contributed by atoms with Gasteiger partial charge in [0, 0.05) is 12.6 Å². The molecule has 1 atom stereocenters. The number of rotatable bonds is 7. The van der Waals surface area contributed by atoms with Crippen molar-refractivity contribution in [2.45, 2.75) is 31.7 Å². The summed E-state index contributed by atoms with van der Waals surface area (Å²) in [6.07, 6.45) is 4.00. The van der Waals surface area contributed by atoms with E-state index in [9.17, 15) is 4.79 Å². The monoisotopic (exact) mass is 418 g/mol. The van der Waals surface area contributed by atoms with Crippen LogP contribution in [0.4, 0.5) is 11.6 Å². The maximum atomic E-state index is 12.5. The number of methoxy groups -OCH3 is 1. The number of nitrogen functional groups attached to an aromatic ring is 2. The summed E-state index contributed by atoms with van der Waals surface area (Å²) < 4.78 is 5.19. The third-order valence-corrected chi connectivity index (χ3v) is 5.34. The first kappa shape index (κ1) is 21.1. The first-order valence-corrected chi connectivity index (χ1v) is 10.1. The molecule has 2 heterocycles. The fourth-order valence-electron chi connectivity index (χ4n) is 3.54. The summed E-state index contributed by atoms with van der Waals surface area (Å²) in [5.41, 5.74) is 12.6. The Hall–Kier alpha value is -2.58. The number of amides is 1. The quantitative estimate of drug-likeness (QED) is 0.630. The fraction of sp³-hybridized carbons (Fsp3) is 0.450. The summed E-state index contributed by atoms with van der Waals surface area (Å²) in [7, 11) is 1.67. The van der Waals surface area contributed by atoms with Gasteiger partial charge in [0.25, 0.3) is 5.91 Å². The van der Waals surface area contributed by atoms with Gasteiger partial charge >= 0.3 is 0 Å². The maximum absolute atomic E-state index is 12.5. The minimum atomic E-state index is -0.373. The highest BCUT2D eigenvalue weighted by Crippen LogP contribution is 2.18. The zero-order valence-electron chi connectivity index (χ0n) is 16.5. The number of aryl methyl sites for hydroxylation is 1. The lowest BCUT2D eigenvalue weighted by Crippen LogP contribution is -2.48. The predicted octanol–water partition coefficient (Wildman–Crippen LogP) is 2.13. The van der Waals surface area contributed by atoms with E-state index >= 15 is 0 Å². The number of hydrogen-bond acceptors (Lipinski definition) is 7. The molecular formula is C20H27ClN6O2. The van der Waals surface area contributed by atoms with E-state index in [2.05, 4.69) is 32.3 Å². The molecule has 0 spiro atoms. The first-order chi connectivity index (χ1) is 14.0. The first-order valence-electron chi connectivity index (χ1n) is 9.71. The average molecular weight is 419 g/mol. The van der Waals surface area contributed by atoms with Crippen LogP contribution >= 0.6 is 11.6 Å². The molecular weight excluding hydrogens is 392 g/mol. The van der Waals surface area contributed by atoms with Gasteiger partial charge in [0.1, 0.15) is 5.75 Å². The summed E-state index contributed by atoms with van der Waals surface area (Å²) in [6.45, 7) is 2.81. The van der Waals surface area contributed by atoms with Crippen molar-refractivity contribution < 1.29 is 9.53 Å². The Bertz CT molecular complexity index is 846. The van der Waals surface area contributed by atoms with Gasteiger partial charge in [0.05, 0.1) is 7.11 Å². The van der Waals surface area contributed by atoms with Crippen molar-refractivity contribution in [2.24, 2.45) is 0 Å². The molecule has 1 fully saturated rings. The number of ether oxygens (including phenoxy) is 1. The van der Waals surface area contributed by atoms with E-state index in [0.717, 1.165) is 51.1 Å². The highest BCUT2D eigenvalue weighted by Gasteiger charge is 2.24. The summed E-state index contributed by atoms with van der Waals surface area (Å²) in [5, 5.41) is 2.98. The number of hydrogen-bond donors (Lipinski definition) is 3. The maximum Gasteiger partial charge on any atom is 0.274 e. The van der Waals surface area contributed by atoms with Crippen LogP contribution in [0.25, 0.3) is 0 Å². The molecule has 1 aliphatic heterocycles. The molecule has 0 bridgehead atoms. The Labute approximate surface area is 175 Å². The molecule has 1 aromatic heterocycles. The fourth-order valence-corrected chi connectivity index (χ4v) is 3.66. The number of likely N-dealkylation sites (tertiary alicyclic amines) is 1. The molecule has 2 aromatic rings. The Kier molecular flexibility index (Phi) is 7.11. The molecule has 1 unspecified atom stereocenters. The molecule has 1 aromatic carbocycles. The molecule has 1 saturated heterocycles. The second-order valence-electron chi connectivity index (χ2n) is 7.20. The van der Waals surface area contributed by atoms with Gasteiger partial charge in [0.15, 0.2) is 22.5 Å². The lowest BCUT2D eigenvalue weighted by Gasteiger charge is -2.33. The van der Waals surface area contributed by atoms with E-state index in [1.807, 2.05) is 12.1 Å². The van der Waals surface area contributed by atoms with Crippen LogP contribution in [0.2, 0.25) is 5.15 Å². The van der Waals surface area contributed by atoms with Gasteiger partial charge in [-0.3, -0.25) is 4.79 Å². The number of carbonyl (C=O) groups is 1. The van der Waals surface area contributed by atoms with Crippen LogP contribution in [0.5, 0.6) is 5.75 Å². The summed E-state index contributed by atoms with van der Waals surface area (Å²) in [4.78, 5) is 22.7. The van der Waals surface area contributed by atoms with Gasteiger partial charge in [0.2, 0.25) is 0 Å². The lowest BCUT2D eigenvalue weighted by molar-refractivity contribution is 0.0899. The van der Waals surface area contributed by atoms with E-state index in [0.29, 0.717) is 0 Å². The van der Waals surface area contributed by atoms with Crippen molar-refractivity contribution in [1.29, 1.82) is 0 Å². The normalized spacial score (nSPS) is 17.1. The van der Waals surface area contributed by atoms with Crippen LogP contribution in [0.3, 0.4) is 0 Å². The number of anilines is 2. The molecule has 0 radical (unpaired) electrons. The van der Waals surface area contributed by atoms with Gasteiger partial charge in [-0.25, -0.2) is 9.97 Å². The van der Waals surface area contributed by atoms with Gasteiger partial charge in [-0.15, -0.1) is 0 Å². The topological polar surface area (TPSA) is 119 Å². The van der Waals surface area contributed by atoms with Crippen molar-refractivity contribution in [3.63, 3.8) is 0 Å². The molecule has 9 heteroatoms. The minimum absolute atomic E-state index is 0.0147. The third-order valence-electron chi connectivity index (χ3n) is 5.06. The Morgan fingerprint density at radius 1 is 1.28 bits per heavy atom. The predicted molar refractivity (Wildman–Crippen MR) is 114 cm³/mol. The number of carbonyl (C=O) groups excluding carboxylic acids is 1. The van der Waals surface area contributed by atoms with Crippen LogP contribution in [0.1, 0.15) is 35.3 Å². The number of piperidine rings is 1. The highest BCUT2D eigenvalue weighted by molar-refractivity contribution is 6.31. The molecule has 29 heavy (non-hydrogen) atoms. The van der Waals surface area contributed by atoms with Crippen molar-refractivity contribution in [2.75, 3.05) is 38.2 Å². The van der Waals surface area contributed by atoms with Crippen molar-refractivity contribution in [3.05, 3.63) is 40.7 Å². The van der Waals surface area contributed by atoms with E-state index in [1.54, 1.807) is 7.11 Å². The van der Waals surface area contributed by atoms with Crippen LogP contribution in [-0.2, 0) is 6.42 Å². The number of nitrogens with one attached hydrogen (secondary N) is 1. The zero-order chi connectivity index (χ0) is 20.8. The molecule has 156 valence electrons. The average Bonchev–Trinajstić information content (AvgIpc) is 2.71. The molecule has 0 saturated carbocycles. The largest absolute Gasteiger partial charge is 0.497 e. The van der Waals surface area contributed by atoms with E-state index in [4.69, 9.17) is 27.8 Å². The smallest absolute Gasteiger partial charge is 0.274 e. The third kappa shape index (κ3) is 5.71. The molecule has 3 rings (SSSR count). The van der Waals surface area contributed by atoms with Crippen LogP contribution in [0, 0.1) is 0 Å². The number of benzene rings is 1. The summed E-state index contributed by atoms with van der Waals surface area (Å²) in [5.74, 6) is 0.496. The molecule has 8 nitrogen and oxygen atoms in total. The van der Waals surface area contributed by atoms with Gasteiger partial charge in [-0.2, -0.15) is 0 Å². The Balaban J connectivity index is 1.48. The number of aromatic nitrogens is 2. The highest BCUT2D eigenvalue weighted by atomic mass is 35.5. The van der Waals surface area contributed by atoms with Gasteiger partial charge < -0.3 is 26.4 Å².